The molecule has 8 heteroatoms. The second-order valence-corrected chi connectivity index (χ2v) is 9.55. The predicted octanol–water partition coefficient (Wildman–Crippen LogP) is 4.23. The van der Waals surface area contributed by atoms with Crippen LogP contribution in [-0.4, -0.2) is 57.3 Å². The number of hydrogen-bond acceptors (Lipinski definition) is 4. The Morgan fingerprint density at radius 1 is 1.11 bits per heavy atom. The van der Waals surface area contributed by atoms with Crippen LogP contribution in [0.3, 0.4) is 0 Å². The summed E-state index contributed by atoms with van der Waals surface area (Å²) in [6, 6.07) is 15.9. The average molecular weight is 464 g/mol. The molecule has 174 valence electrons. The second kappa shape index (κ2) is 8.22. The van der Waals surface area contributed by atoms with Crippen molar-refractivity contribution in [1.29, 1.82) is 0 Å². The molecular formula is C27H25N7O. The molecule has 6 rings (SSSR count). The molecule has 0 spiro atoms. The van der Waals surface area contributed by atoms with E-state index in [4.69, 9.17) is 6.57 Å². The number of aromatic nitrogens is 4. The molecule has 0 saturated carbocycles. The molecule has 0 bridgehead atoms. The van der Waals surface area contributed by atoms with Crippen molar-refractivity contribution < 1.29 is 4.79 Å². The molecule has 1 saturated heterocycles. The van der Waals surface area contributed by atoms with E-state index in [1.54, 1.807) is 6.33 Å². The molecule has 0 aliphatic carbocycles. The van der Waals surface area contributed by atoms with E-state index in [0.717, 1.165) is 52.7 Å². The molecule has 0 unspecified atom stereocenters. The third-order valence-corrected chi connectivity index (χ3v) is 6.78. The zero-order valence-corrected chi connectivity index (χ0v) is 19.7. The summed E-state index contributed by atoms with van der Waals surface area (Å²) in [5, 5.41) is 4.52. The number of fused-ring (bicyclic) bond motifs is 5. The van der Waals surface area contributed by atoms with Crippen molar-refractivity contribution in [3.63, 3.8) is 0 Å². The van der Waals surface area contributed by atoms with E-state index in [1.807, 2.05) is 60.1 Å². The highest BCUT2D eigenvalue weighted by atomic mass is 16.2. The number of amides is 1. The first-order valence-electron chi connectivity index (χ1n) is 11.7. The largest absolute Gasteiger partial charge is 0.340 e. The SMILES string of the molecule is [C-]#[N+]c1ccc(-c2cc3n(c2)Cc2cc(N4C[C@@H](CN(C)C)CC4=O)ccc2-n2ncnc2-3)cc1. The van der Waals surface area contributed by atoms with Crippen LogP contribution in [0.1, 0.15) is 12.0 Å². The maximum Gasteiger partial charge on any atom is 0.227 e. The Morgan fingerprint density at radius 2 is 1.94 bits per heavy atom. The molecule has 2 aliphatic rings. The van der Waals surface area contributed by atoms with E-state index in [9.17, 15) is 4.79 Å². The molecule has 1 fully saturated rings. The fourth-order valence-corrected chi connectivity index (χ4v) is 5.23. The lowest BCUT2D eigenvalue weighted by molar-refractivity contribution is -0.117. The van der Waals surface area contributed by atoms with Crippen molar-refractivity contribution in [2.24, 2.45) is 5.92 Å². The number of anilines is 1. The van der Waals surface area contributed by atoms with Crippen LogP contribution in [0.25, 0.3) is 33.2 Å². The van der Waals surface area contributed by atoms with Gasteiger partial charge in [0.15, 0.2) is 11.5 Å². The summed E-state index contributed by atoms with van der Waals surface area (Å²) < 4.78 is 4.07. The molecule has 35 heavy (non-hydrogen) atoms. The first-order chi connectivity index (χ1) is 17.0. The number of carbonyl (C=O) groups is 1. The van der Waals surface area contributed by atoms with Crippen molar-refractivity contribution in [3.05, 3.63) is 78.0 Å². The quantitative estimate of drug-likeness (QED) is 0.374. The summed E-state index contributed by atoms with van der Waals surface area (Å²) in [6.45, 7) is 9.48. The molecule has 2 aromatic heterocycles. The minimum absolute atomic E-state index is 0.179. The second-order valence-electron chi connectivity index (χ2n) is 9.55. The Balaban J connectivity index is 1.38. The smallest absolute Gasteiger partial charge is 0.227 e. The average Bonchev–Trinajstić information content (AvgIpc) is 3.56. The normalized spacial score (nSPS) is 16.6. The number of hydrogen-bond donors (Lipinski definition) is 0. The van der Waals surface area contributed by atoms with Crippen molar-refractivity contribution >= 4 is 17.3 Å². The summed E-state index contributed by atoms with van der Waals surface area (Å²) >= 11 is 0. The monoisotopic (exact) mass is 463 g/mol. The summed E-state index contributed by atoms with van der Waals surface area (Å²) in [5.41, 5.74) is 6.71. The van der Waals surface area contributed by atoms with Gasteiger partial charge in [-0.15, -0.1) is 0 Å². The Labute approximate surface area is 203 Å². The van der Waals surface area contributed by atoms with Crippen molar-refractivity contribution in [3.8, 4) is 28.3 Å². The highest BCUT2D eigenvalue weighted by molar-refractivity contribution is 5.96. The van der Waals surface area contributed by atoms with E-state index >= 15 is 0 Å². The first-order valence-corrected chi connectivity index (χ1v) is 11.7. The first kappa shape index (κ1) is 21.3. The van der Waals surface area contributed by atoms with Crippen molar-refractivity contribution in [1.82, 2.24) is 24.2 Å². The summed E-state index contributed by atoms with van der Waals surface area (Å²) in [5.74, 6) is 1.30. The summed E-state index contributed by atoms with van der Waals surface area (Å²) in [4.78, 5) is 24.9. The lowest BCUT2D eigenvalue weighted by Gasteiger charge is -2.20. The molecule has 4 heterocycles. The van der Waals surface area contributed by atoms with Gasteiger partial charge in [-0.2, -0.15) is 5.10 Å². The van der Waals surface area contributed by atoms with Crippen LogP contribution in [0.5, 0.6) is 0 Å². The Hall–Kier alpha value is -4.22. The highest BCUT2D eigenvalue weighted by Gasteiger charge is 2.32. The van der Waals surface area contributed by atoms with Gasteiger partial charge in [-0.3, -0.25) is 4.79 Å². The zero-order valence-electron chi connectivity index (χ0n) is 19.7. The van der Waals surface area contributed by atoms with Gasteiger partial charge in [0.1, 0.15) is 6.33 Å². The number of benzene rings is 2. The third-order valence-electron chi connectivity index (χ3n) is 6.78. The minimum Gasteiger partial charge on any atom is -0.340 e. The van der Waals surface area contributed by atoms with Gasteiger partial charge < -0.3 is 14.4 Å². The predicted molar refractivity (Wildman–Crippen MR) is 135 cm³/mol. The van der Waals surface area contributed by atoms with Gasteiger partial charge in [0.05, 0.1) is 18.0 Å². The maximum absolute atomic E-state index is 12.8. The van der Waals surface area contributed by atoms with Gasteiger partial charge in [-0.25, -0.2) is 14.5 Å². The van der Waals surface area contributed by atoms with Crippen LogP contribution in [-0.2, 0) is 11.3 Å². The van der Waals surface area contributed by atoms with E-state index in [-0.39, 0.29) is 5.91 Å². The Morgan fingerprint density at radius 3 is 2.71 bits per heavy atom. The lowest BCUT2D eigenvalue weighted by Crippen LogP contribution is -2.27. The van der Waals surface area contributed by atoms with Crippen LogP contribution in [0.2, 0.25) is 0 Å². The third kappa shape index (κ3) is 3.70. The molecule has 2 aliphatic heterocycles. The van der Waals surface area contributed by atoms with E-state index < -0.39 is 0 Å². The molecule has 1 atom stereocenters. The Kier molecular flexibility index (Phi) is 5.01. The van der Waals surface area contributed by atoms with Gasteiger partial charge in [-0.05, 0) is 55.4 Å². The number of nitrogens with zero attached hydrogens (tertiary/aromatic N) is 7. The standard InChI is InChI=1S/C27H25N7O/c1-28-22-6-4-19(5-7-22)20-12-25-27-29-17-30-34(27)24-9-8-23(11-21(24)16-32(25)15-20)33-14-18(10-26(33)35)13-31(2)3/h4-9,11-12,15,17-18H,10,13-14,16H2,2-3H3/t18-/m1/s1. The topological polar surface area (TPSA) is 63.6 Å². The Bertz CT molecular complexity index is 1470. The molecule has 4 aromatic rings. The fraction of sp³-hybridized carbons (Fsp3) is 0.259. The molecule has 0 N–H and O–H groups in total. The minimum atomic E-state index is 0.179. The van der Waals surface area contributed by atoms with Crippen LogP contribution < -0.4 is 4.90 Å². The molecular weight excluding hydrogens is 438 g/mol. The van der Waals surface area contributed by atoms with Gasteiger partial charge in [-0.1, -0.05) is 24.3 Å². The highest BCUT2D eigenvalue weighted by Crippen LogP contribution is 2.36. The van der Waals surface area contributed by atoms with E-state index in [1.165, 1.54) is 0 Å². The van der Waals surface area contributed by atoms with Crippen LogP contribution in [0.4, 0.5) is 11.4 Å². The van der Waals surface area contributed by atoms with Crippen molar-refractivity contribution in [2.75, 3.05) is 32.1 Å². The van der Waals surface area contributed by atoms with E-state index in [2.05, 4.69) is 42.7 Å². The molecule has 1 amide bonds. The molecule has 8 nitrogen and oxygen atoms in total. The van der Waals surface area contributed by atoms with E-state index in [0.29, 0.717) is 24.6 Å². The molecule has 2 aromatic carbocycles. The van der Waals surface area contributed by atoms with Gasteiger partial charge in [0.25, 0.3) is 0 Å². The zero-order chi connectivity index (χ0) is 24.1. The van der Waals surface area contributed by atoms with Crippen molar-refractivity contribution in [2.45, 2.75) is 13.0 Å². The fourth-order valence-electron chi connectivity index (χ4n) is 5.23. The van der Waals surface area contributed by atoms with Crippen LogP contribution in [0, 0.1) is 12.5 Å². The maximum atomic E-state index is 12.8. The lowest BCUT2D eigenvalue weighted by atomic mass is 10.1. The number of rotatable bonds is 4. The van der Waals surface area contributed by atoms with Gasteiger partial charge in [0, 0.05) is 43.5 Å². The number of carbonyl (C=O) groups excluding carboxylic acids is 1. The molecule has 0 radical (unpaired) electrons. The van der Waals surface area contributed by atoms with Gasteiger partial charge in [0.2, 0.25) is 5.91 Å². The summed E-state index contributed by atoms with van der Waals surface area (Å²) in [6.07, 6.45) is 4.28. The summed E-state index contributed by atoms with van der Waals surface area (Å²) in [7, 11) is 4.10. The van der Waals surface area contributed by atoms with Gasteiger partial charge >= 0.3 is 0 Å². The van der Waals surface area contributed by atoms with Crippen LogP contribution >= 0.6 is 0 Å². The van der Waals surface area contributed by atoms with Crippen LogP contribution in [0.15, 0.2) is 61.1 Å².